The first-order chi connectivity index (χ1) is 21.8. The quantitative estimate of drug-likeness (QED) is 0.202. The summed E-state index contributed by atoms with van der Waals surface area (Å²) in [7, 11) is 0. The third-order valence-corrected chi connectivity index (χ3v) is 9.93. The molecule has 2 aromatic heterocycles. The Labute approximate surface area is 259 Å². The van der Waals surface area contributed by atoms with Gasteiger partial charge in [-0.2, -0.15) is 0 Å². The largest absolute Gasteiger partial charge is 0.455 e. The first-order valence-electron chi connectivity index (χ1n) is 14.9. The van der Waals surface area contributed by atoms with Crippen LogP contribution in [0.2, 0.25) is 0 Å². The van der Waals surface area contributed by atoms with Gasteiger partial charge in [0.05, 0.1) is 0 Å². The highest BCUT2D eigenvalue weighted by Crippen LogP contribution is 2.45. The smallest absolute Gasteiger partial charge is 0.143 e. The van der Waals surface area contributed by atoms with Crippen molar-refractivity contribution in [1.82, 2.24) is 0 Å². The minimum absolute atomic E-state index is 0.914. The number of benzene rings is 7. The van der Waals surface area contributed by atoms with E-state index in [4.69, 9.17) is 4.42 Å². The normalized spacial score (nSPS) is 11.6. The Morgan fingerprint density at radius 3 is 1.80 bits per heavy atom. The standard InChI is InChI=1S/C42H26OS/c1-2-11-28(12-3-1)31-13-4-5-14-32(31)29-23-21-27(22-24-29)30-25-37-33-15-6-8-19-39(33)43-41(37)38(26-30)36-18-10-17-35-34-16-7-9-20-40(34)44-42(35)36/h1-26H. The Bertz CT molecular complexity index is 2480. The van der Waals surface area contributed by atoms with Crippen LogP contribution in [-0.4, -0.2) is 0 Å². The van der Waals surface area contributed by atoms with Gasteiger partial charge in [-0.05, 0) is 57.6 Å². The molecule has 1 nitrogen and oxygen atoms in total. The van der Waals surface area contributed by atoms with E-state index < -0.39 is 0 Å². The van der Waals surface area contributed by atoms with Gasteiger partial charge < -0.3 is 4.42 Å². The van der Waals surface area contributed by atoms with Crippen LogP contribution in [0.1, 0.15) is 0 Å². The van der Waals surface area contributed by atoms with E-state index in [9.17, 15) is 0 Å². The molecule has 0 fully saturated rings. The average molecular weight is 579 g/mol. The van der Waals surface area contributed by atoms with Crippen molar-refractivity contribution in [1.29, 1.82) is 0 Å². The molecule has 0 N–H and O–H groups in total. The van der Waals surface area contributed by atoms with Crippen molar-refractivity contribution >= 4 is 53.4 Å². The van der Waals surface area contributed by atoms with E-state index in [-0.39, 0.29) is 0 Å². The van der Waals surface area contributed by atoms with Crippen LogP contribution in [0, 0.1) is 0 Å². The fourth-order valence-corrected chi connectivity index (χ4v) is 7.83. The number of furan rings is 1. The molecule has 9 aromatic rings. The minimum atomic E-state index is 0.914. The molecule has 206 valence electrons. The van der Waals surface area contributed by atoms with E-state index in [0.717, 1.165) is 27.5 Å². The molecule has 0 radical (unpaired) electrons. The molecule has 0 unspecified atom stereocenters. The zero-order valence-corrected chi connectivity index (χ0v) is 24.6. The van der Waals surface area contributed by atoms with Crippen LogP contribution in [0.4, 0.5) is 0 Å². The molecule has 2 heterocycles. The summed E-state index contributed by atoms with van der Waals surface area (Å²) in [5.74, 6) is 0. The lowest BCUT2D eigenvalue weighted by Gasteiger charge is -2.12. The number of thiophene rings is 1. The number of hydrogen-bond donors (Lipinski definition) is 0. The molecule has 9 rings (SSSR count). The SMILES string of the molecule is c1ccc(-c2ccccc2-c2ccc(-c3cc(-c4cccc5c4sc4ccccc45)c4oc5ccccc5c4c3)cc2)cc1. The molecule has 2 heteroatoms. The maximum atomic E-state index is 6.59. The first-order valence-corrected chi connectivity index (χ1v) is 15.7. The molecular formula is C42H26OS. The molecule has 0 aliphatic rings. The summed E-state index contributed by atoms with van der Waals surface area (Å²) in [6.07, 6.45) is 0. The van der Waals surface area contributed by atoms with Gasteiger partial charge in [0.25, 0.3) is 0 Å². The molecule has 0 amide bonds. The molecule has 7 aromatic carbocycles. The van der Waals surface area contributed by atoms with Crippen LogP contribution in [0.15, 0.2) is 162 Å². The summed E-state index contributed by atoms with van der Waals surface area (Å²) in [4.78, 5) is 0. The van der Waals surface area contributed by atoms with Crippen molar-refractivity contribution < 1.29 is 4.42 Å². The molecule has 0 saturated carbocycles. The molecule has 0 spiro atoms. The summed E-state index contributed by atoms with van der Waals surface area (Å²) in [6, 6.07) is 56.6. The van der Waals surface area contributed by atoms with Crippen molar-refractivity contribution in [2.24, 2.45) is 0 Å². The summed E-state index contributed by atoms with van der Waals surface area (Å²) >= 11 is 1.86. The lowest BCUT2D eigenvalue weighted by molar-refractivity contribution is 0.670. The van der Waals surface area contributed by atoms with Gasteiger partial charge in [-0.25, -0.2) is 0 Å². The van der Waals surface area contributed by atoms with Gasteiger partial charge in [-0.15, -0.1) is 11.3 Å². The zero-order chi connectivity index (χ0) is 29.0. The van der Waals surface area contributed by atoms with Gasteiger partial charge in [0.1, 0.15) is 11.2 Å². The maximum Gasteiger partial charge on any atom is 0.143 e. The van der Waals surface area contributed by atoms with Gasteiger partial charge in [0, 0.05) is 42.1 Å². The van der Waals surface area contributed by atoms with Gasteiger partial charge in [0.15, 0.2) is 0 Å². The number of para-hydroxylation sites is 1. The second kappa shape index (κ2) is 10.1. The topological polar surface area (TPSA) is 13.1 Å². The Balaban J connectivity index is 1.24. The first kappa shape index (κ1) is 25.1. The Morgan fingerprint density at radius 2 is 0.977 bits per heavy atom. The van der Waals surface area contributed by atoms with E-state index in [2.05, 4.69) is 152 Å². The van der Waals surface area contributed by atoms with Crippen LogP contribution in [0.3, 0.4) is 0 Å². The van der Waals surface area contributed by atoms with E-state index in [1.54, 1.807) is 0 Å². The van der Waals surface area contributed by atoms with E-state index >= 15 is 0 Å². The summed E-state index contributed by atoms with van der Waals surface area (Å²) in [5, 5.41) is 4.88. The second-order valence-electron chi connectivity index (χ2n) is 11.3. The zero-order valence-electron chi connectivity index (χ0n) is 23.8. The maximum absolute atomic E-state index is 6.59. The van der Waals surface area contributed by atoms with Crippen molar-refractivity contribution in [3.8, 4) is 44.5 Å². The van der Waals surface area contributed by atoms with Crippen molar-refractivity contribution in [2.45, 2.75) is 0 Å². The summed E-state index contributed by atoms with van der Waals surface area (Å²) in [6.45, 7) is 0. The van der Waals surface area contributed by atoms with Gasteiger partial charge in [-0.1, -0.05) is 133 Å². The highest BCUT2D eigenvalue weighted by atomic mass is 32.1. The lowest BCUT2D eigenvalue weighted by atomic mass is 9.92. The fourth-order valence-electron chi connectivity index (χ4n) is 6.60. The van der Waals surface area contributed by atoms with Crippen molar-refractivity contribution in [2.75, 3.05) is 0 Å². The molecule has 0 saturated heterocycles. The van der Waals surface area contributed by atoms with Crippen molar-refractivity contribution in [3.63, 3.8) is 0 Å². The fraction of sp³-hybridized carbons (Fsp3) is 0. The van der Waals surface area contributed by atoms with Crippen molar-refractivity contribution in [3.05, 3.63) is 158 Å². The van der Waals surface area contributed by atoms with Crippen LogP contribution < -0.4 is 0 Å². The van der Waals surface area contributed by atoms with E-state index in [1.165, 1.54) is 59.1 Å². The molecular weight excluding hydrogens is 553 g/mol. The molecule has 0 bridgehead atoms. The third kappa shape index (κ3) is 4.00. The number of hydrogen-bond acceptors (Lipinski definition) is 2. The predicted molar refractivity (Wildman–Crippen MR) is 188 cm³/mol. The van der Waals surface area contributed by atoms with Gasteiger partial charge in [0.2, 0.25) is 0 Å². The number of fused-ring (bicyclic) bond motifs is 6. The third-order valence-electron chi connectivity index (χ3n) is 8.71. The minimum Gasteiger partial charge on any atom is -0.455 e. The second-order valence-corrected chi connectivity index (χ2v) is 12.3. The van der Waals surface area contributed by atoms with Crippen LogP contribution in [0.25, 0.3) is 86.6 Å². The molecule has 0 atom stereocenters. The highest BCUT2D eigenvalue weighted by molar-refractivity contribution is 7.26. The molecule has 0 aliphatic carbocycles. The summed E-state index contributed by atoms with van der Waals surface area (Å²) in [5.41, 5.74) is 11.5. The number of rotatable bonds is 4. The predicted octanol–water partition coefficient (Wildman–Crippen LogP) is 12.6. The summed E-state index contributed by atoms with van der Waals surface area (Å²) < 4.78 is 9.18. The van der Waals surface area contributed by atoms with Crippen LogP contribution >= 0.6 is 11.3 Å². The Morgan fingerprint density at radius 1 is 0.364 bits per heavy atom. The van der Waals surface area contributed by atoms with Crippen LogP contribution in [0.5, 0.6) is 0 Å². The average Bonchev–Trinajstić information content (AvgIpc) is 3.67. The Kier molecular flexibility index (Phi) is 5.75. The molecule has 0 aliphatic heterocycles. The highest BCUT2D eigenvalue weighted by Gasteiger charge is 2.18. The Hall–Kier alpha value is -5.44. The monoisotopic (exact) mass is 578 g/mol. The van der Waals surface area contributed by atoms with E-state index in [0.29, 0.717) is 0 Å². The molecule has 44 heavy (non-hydrogen) atoms. The van der Waals surface area contributed by atoms with Gasteiger partial charge in [-0.3, -0.25) is 0 Å². The van der Waals surface area contributed by atoms with E-state index in [1.807, 2.05) is 17.4 Å². The van der Waals surface area contributed by atoms with Crippen LogP contribution in [-0.2, 0) is 0 Å². The van der Waals surface area contributed by atoms with Gasteiger partial charge >= 0.3 is 0 Å². The lowest BCUT2D eigenvalue weighted by Crippen LogP contribution is -1.87.